The summed E-state index contributed by atoms with van der Waals surface area (Å²) < 4.78 is 27.7. The summed E-state index contributed by atoms with van der Waals surface area (Å²) in [5.41, 5.74) is 1.44. The van der Waals surface area contributed by atoms with E-state index in [0.717, 1.165) is 6.07 Å². The number of carbonyl (C=O) groups excluding carboxylic acids is 1. The molecule has 0 atom stereocenters. The molecule has 1 heterocycles. The molecule has 27 heavy (non-hydrogen) atoms. The third kappa shape index (κ3) is 3.60. The number of nitrogens with one attached hydrogen (secondary N) is 3. The summed E-state index contributed by atoms with van der Waals surface area (Å²) >= 11 is 0. The number of sulfonamides is 1. The summed E-state index contributed by atoms with van der Waals surface area (Å²) in [5, 5.41) is 14.0. The van der Waals surface area contributed by atoms with Crippen LogP contribution in [0.3, 0.4) is 0 Å². The van der Waals surface area contributed by atoms with Crippen molar-refractivity contribution in [3.63, 3.8) is 0 Å². The van der Waals surface area contributed by atoms with Crippen LogP contribution in [0.4, 0.5) is 11.4 Å². The van der Waals surface area contributed by atoms with Crippen LogP contribution in [0.2, 0.25) is 0 Å². The molecule has 0 spiro atoms. The maximum atomic E-state index is 12.6. The number of benzene rings is 2. The largest absolute Gasteiger partial charge is 0.354 e. The van der Waals surface area contributed by atoms with Gasteiger partial charge in [-0.3, -0.25) is 19.6 Å². The predicted octanol–water partition coefficient (Wildman–Crippen LogP) is 2.54. The van der Waals surface area contributed by atoms with Crippen LogP contribution in [0.5, 0.6) is 0 Å². The van der Waals surface area contributed by atoms with Crippen molar-refractivity contribution < 1.29 is 18.1 Å². The highest BCUT2D eigenvalue weighted by atomic mass is 32.2. The topological polar surface area (TPSA) is 134 Å². The first-order chi connectivity index (χ1) is 12.7. The molecule has 0 bridgehead atoms. The van der Waals surface area contributed by atoms with E-state index in [9.17, 15) is 23.3 Å². The fourth-order valence-corrected chi connectivity index (χ4v) is 3.99. The lowest BCUT2D eigenvalue weighted by Gasteiger charge is -2.10. The predicted molar refractivity (Wildman–Crippen MR) is 100 cm³/mol. The number of aromatic nitrogens is 1. The van der Waals surface area contributed by atoms with E-state index in [2.05, 4.69) is 15.0 Å². The van der Waals surface area contributed by atoms with Gasteiger partial charge in [0.15, 0.2) is 0 Å². The maximum absolute atomic E-state index is 12.6. The van der Waals surface area contributed by atoms with Gasteiger partial charge in [-0.2, -0.15) is 0 Å². The highest BCUT2D eigenvalue weighted by molar-refractivity contribution is 7.92. The average molecular weight is 388 g/mol. The second-order valence-corrected chi connectivity index (χ2v) is 7.53. The zero-order chi connectivity index (χ0) is 19.8. The van der Waals surface area contributed by atoms with Crippen LogP contribution in [0, 0.1) is 17.0 Å². The number of hydrogen-bond acceptors (Lipinski definition) is 5. The van der Waals surface area contributed by atoms with Crippen molar-refractivity contribution in [2.45, 2.75) is 11.8 Å². The molecule has 3 aromatic rings. The number of H-pyrrole nitrogens is 1. The normalized spacial score (nSPS) is 11.3. The van der Waals surface area contributed by atoms with Gasteiger partial charge >= 0.3 is 0 Å². The molecule has 0 fully saturated rings. The molecule has 3 rings (SSSR count). The summed E-state index contributed by atoms with van der Waals surface area (Å²) in [6.07, 6.45) is 0. The van der Waals surface area contributed by atoms with Crippen molar-refractivity contribution in [1.82, 2.24) is 10.3 Å². The highest BCUT2D eigenvalue weighted by Gasteiger charge is 2.20. The van der Waals surface area contributed by atoms with Crippen molar-refractivity contribution in [2.24, 2.45) is 0 Å². The van der Waals surface area contributed by atoms with Gasteiger partial charge in [-0.25, -0.2) is 8.42 Å². The Bertz CT molecular complexity index is 1170. The summed E-state index contributed by atoms with van der Waals surface area (Å²) in [6, 6.07) is 9.98. The number of non-ortho nitro benzene ring substituents is 1. The van der Waals surface area contributed by atoms with Gasteiger partial charge < -0.3 is 10.3 Å². The molecule has 140 valence electrons. The molecule has 0 aliphatic carbocycles. The SMILES string of the molecule is CNC(=O)c1cc2cc(NS(=O)(=O)c3ccc([N+](=O)[O-])cc3C)ccc2[nH]1. The number of rotatable bonds is 5. The van der Waals surface area contributed by atoms with Crippen molar-refractivity contribution >= 4 is 38.2 Å². The van der Waals surface area contributed by atoms with Crippen molar-refractivity contribution in [1.29, 1.82) is 0 Å². The Morgan fingerprint density at radius 3 is 2.52 bits per heavy atom. The first-order valence-electron chi connectivity index (χ1n) is 7.84. The molecular formula is C17H16N4O5S. The number of nitrogens with zero attached hydrogens (tertiary/aromatic N) is 1. The van der Waals surface area contributed by atoms with E-state index in [1.807, 2.05) is 0 Å². The van der Waals surface area contributed by atoms with E-state index in [4.69, 9.17) is 0 Å². The smallest absolute Gasteiger partial charge is 0.269 e. The Balaban J connectivity index is 1.93. The number of aryl methyl sites for hydroxylation is 1. The number of carbonyl (C=O) groups is 1. The molecule has 0 radical (unpaired) electrons. The number of nitro benzene ring substituents is 1. The highest BCUT2D eigenvalue weighted by Crippen LogP contribution is 2.25. The van der Waals surface area contributed by atoms with Crippen LogP contribution in [0.15, 0.2) is 47.4 Å². The molecule has 9 nitrogen and oxygen atoms in total. The van der Waals surface area contributed by atoms with E-state index in [-0.39, 0.29) is 22.1 Å². The molecule has 10 heteroatoms. The van der Waals surface area contributed by atoms with Gasteiger partial charge in [0.1, 0.15) is 5.69 Å². The van der Waals surface area contributed by atoms with Crippen LogP contribution >= 0.6 is 0 Å². The van der Waals surface area contributed by atoms with E-state index >= 15 is 0 Å². The Morgan fingerprint density at radius 2 is 1.89 bits per heavy atom. The Hall–Kier alpha value is -3.40. The second kappa shape index (κ2) is 6.72. The van der Waals surface area contributed by atoms with Crippen molar-refractivity contribution in [3.05, 3.63) is 63.8 Å². The molecule has 1 amide bonds. The van der Waals surface area contributed by atoms with Gasteiger partial charge in [0.05, 0.1) is 9.82 Å². The number of fused-ring (bicyclic) bond motifs is 1. The lowest BCUT2D eigenvalue weighted by atomic mass is 10.2. The van der Waals surface area contributed by atoms with E-state index in [1.165, 1.54) is 26.1 Å². The number of hydrogen-bond donors (Lipinski definition) is 3. The third-order valence-electron chi connectivity index (χ3n) is 4.00. The zero-order valence-electron chi connectivity index (χ0n) is 14.4. The Kier molecular flexibility index (Phi) is 4.58. The molecule has 0 saturated heterocycles. The Morgan fingerprint density at radius 1 is 1.15 bits per heavy atom. The average Bonchev–Trinajstić information content (AvgIpc) is 3.03. The van der Waals surface area contributed by atoms with Gasteiger partial charge in [0, 0.05) is 35.8 Å². The minimum Gasteiger partial charge on any atom is -0.354 e. The van der Waals surface area contributed by atoms with Gasteiger partial charge in [-0.05, 0) is 42.8 Å². The molecular weight excluding hydrogens is 372 g/mol. The Labute approximate surface area is 154 Å². The van der Waals surface area contributed by atoms with Crippen LogP contribution in [-0.2, 0) is 10.0 Å². The van der Waals surface area contributed by atoms with E-state index in [1.54, 1.807) is 24.3 Å². The van der Waals surface area contributed by atoms with Crippen LogP contribution in [0.1, 0.15) is 16.1 Å². The number of anilines is 1. The van der Waals surface area contributed by atoms with E-state index < -0.39 is 14.9 Å². The third-order valence-corrected chi connectivity index (χ3v) is 5.55. The summed E-state index contributed by atoms with van der Waals surface area (Å²) in [4.78, 5) is 24.8. The first kappa shape index (κ1) is 18.4. The summed E-state index contributed by atoms with van der Waals surface area (Å²) in [6.45, 7) is 1.49. The molecule has 3 N–H and O–H groups in total. The summed E-state index contributed by atoms with van der Waals surface area (Å²) in [5.74, 6) is -0.283. The fourth-order valence-electron chi connectivity index (χ4n) is 2.71. The standard InChI is InChI=1S/C17H16N4O5S/c1-10-7-13(21(23)24)4-6-16(10)27(25,26)20-12-3-5-14-11(8-12)9-15(19-14)17(22)18-2/h3-9,19-20H,1-2H3,(H,18,22). The summed E-state index contributed by atoms with van der Waals surface area (Å²) in [7, 11) is -2.42. The number of nitro groups is 1. The molecule has 0 aliphatic heterocycles. The molecule has 2 aromatic carbocycles. The fraction of sp³-hybridized carbons (Fsp3) is 0.118. The molecule has 0 unspecified atom stereocenters. The minimum absolute atomic E-state index is 0.0479. The minimum atomic E-state index is -3.93. The van der Waals surface area contributed by atoms with Gasteiger partial charge in [-0.15, -0.1) is 0 Å². The van der Waals surface area contributed by atoms with E-state index in [0.29, 0.717) is 22.3 Å². The van der Waals surface area contributed by atoms with Crippen molar-refractivity contribution in [3.8, 4) is 0 Å². The van der Waals surface area contributed by atoms with Crippen LogP contribution in [-0.4, -0.2) is 31.3 Å². The van der Waals surface area contributed by atoms with Gasteiger partial charge in [-0.1, -0.05) is 0 Å². The lowest BCUT2D eigenvalue weighted by molar-refractivity contribution is -0.385. The maximum Gasteiger partial charge on any atom is 0.269 e. The zero-order valence-corrected chi connectivity index (χ0v) is 15.3. The van der Waals surface area contributed by atoms with Gasteiger partial charge in [0.25, 0.3) is 21.6 Å². The van der Waals surface area contributed by atoms with Gasteiger partial charge in [0.2, 0.25) is 0 Å². The molecule has 1 aromatic heterocycles. The van der Waals surface area contributed by atoms with Crippen LogP contribution < -0.4 is 10.0 Å². The monoisotopic (exact) mass is 388 g/mol. The second-order valence-electron chi connectivity index (χ2n) is 5.88. The first-order valence-corrected chi connectivity index (χ1v) is 9.32. The number of aromatic amines is 1. The molecule has 0 aliphatic rings. The van der Waals surface area contributed by atoms with Crippen molar-refractivity contribution in [2.75, 3.05) is 11.8 Å². The lowest BCUT2D eigenvalue weighted by Crippen LogP contribution is -2.17. The molecule has 0 saturated carbocycles. The number of amides is 1. The van der Waals surface area contributed by atoms with Crippen LogP contribution in [0.25, 0.3) is 10.9 Å². The quantitative estimate of drug-likeness (QED) is 0.456.